The van der Waals surface area contributed by atoms with Gasteiger partial charge in [-0.15, -0.1) is 11.3 Å². The molecule has 0 spiro atoms. The standard InChI is InChI=1S/C16H10F2O2S/c1-20-11-3-4-12(13(18)8-11)16(19)15-7-9-6-10(17)2-5-14(9)21-15/h2-8H,1H3. The molecule has 0 amide bonds. The van der Waals surface area contributed by atoms with Crippen molar-refractivity contribution in [2.75, 3.05) is 7.11 Å². The van der Waals surface area contributed by atoms with E-state index in [1.165, 1.54) is 48.8 Å². The predicted molar refractivity (Wildman–Crippen MR) is 78.2 cm³/mol. The lowest BCUT2D eigenvalue weighted by Crippen LogP contribution is -2.02. The van der Waals surface area contributed by atoms with Crippen molar-refractivity contribution in [3.8, 4) is 5.75 Å². The number of ether oxygens (including phenoxy) is 1. The fourth-order valence-electron chi connectivity index (χ4n) is 2.07. The molecule has 2 aromatic carbocycles. The normalized spacial score (nSPS) is 10.8. The van der Waals surface area contributed by atoms with Crippen LogP contribution in [0, 0.1) is 11.6 Å². The number of methoxy groups -OCH3 is 1. The van der Waals surface area contributed by atoms with Crippen molar-refractivity contribution in [1.29, 1.82) is 0 Å². The van der Waals surface area contributed by atoms with E-state index in [1.54, 1.807) is 12.1 Å². The van der Waals surface area contributed by atoms with Gasteiger partial charge in [-0.1, -0.05) is 0 Å². The maximum atomic E-state index is 13.9. The van der Waals surface area contributed by atoms with E-state index in [2.05, 4.69) is 0 Å². The summed E-state index contributed by atoms with van der Waals surface area (Å²) in [7, 11) is 1.43. The third-order valence-corrected chi connectivity index (χ3v) is 4.24. The summed E-state index contributed by atoms with van der Waals surface area (Å²) in [6.07, 6.45) is 0. The Morgan fingerprint density at radius 3 is 2.62 bits per heavy atom. The zero-order valence-corrected chi connectivity index (χ0v) is 11.8. The number of benzene rings is 2. The molecule has 0 radical (unpaired) electrons. The molecular formula is C16H10F2O2S. The molecule has 0 unspecified atom stereocenters. The van der Waals surface area contributed by atoms with Crippen LogP contribution in [0.2, 0.25) is 0 Å². The lowest BCUT2D eigenvalue weighted by molar-refractivity contribution is 0.103. The number of halogens is 2. The molecule has 3 rings (SSSR count). The zero-order valence-electron chi connectivity index (χ0n) is 11.0. The molecule has 5 heteroatoms. The summed E-state index contributed by atoms with van der Waals surface area (Å²) in [4.78, 5) is 12.7. The van der Waals surface area contributed by atoms with Gasteiger partial charge in [-0.05, 0) is 41.8 Å². The van der Waals surface area contributed by atoms with Gasteiger partial charge in [-0.3, -0.25) is 4.79 Å². The van der Waals surface area contributed by atoms with E-state index in [0.717, 1.165) is 4.70 Å². The molecule has 2 nitrogen and oxygen atoms in total. The molecule has 0 aliphatic carbocycles. The van der Waals surface area contributed by atoms with Gasteiger partial charge in [0.05, 0.1) is 17.6 Å². The maximum Gasteiger partial charge on any atom is 0.205 e. The molecule has 0 saturated carbocycles. The molecule has 0 atom stereocenters. The molecule has 106 valence electrons. The van der Waals surface area contributed by atoms with Gasteiger partial charge in [0.15, 0.2) is 0 Å². The smallest absolute Gasteiger partial charge is 0.205 e. The monoisotopic (exact) mass is 304 g/mol. The lowest BCUT2D eigenvalue weighted by atomic mass is 10.1. The first kappa shape index (κ1) is 13.7. The first-order valence-electron chi connectivity index (χ1n) is 6.16. The van der Waals surface area contributed by atoms with Crippen LogP contribution in [0.5, 0.6) is 5.75 Å². The summed E-state index contributed by atoms with van der Waals surface area (Å²) in [5, 5.41) is 0.636. The Hall–Kier alpha value is -2.27. The highest BCUT2D eigenvalue weighted by molar-refractivity contribution is 7.21. The fraction of sp³-hybridized carbons (Fsp3) is 0.0625. The molecule has 0 saturated heterocycles. The van der Waals surface area contributed by atoms with E-state index < -0.39 is 11.6 Å². The van der Waals surface area contributed by atoms with Gasteiger partial charge in [0, 0.05) is 10.8 Å². The second-order valence-electron chi connectivity index (χ2n) is 4.47. The van der Waals surface area contributed by atoms with Crippen LogP contribution in [0.3, 0.4) is 0 Å². The summed E-state index contributed by atoms with van der Waals surface area (Å²) < 4.78 is 32.8. The SMILES string of the molecule is COc1ccc(C(=O)c2cc3cc(F)ccc3s2)c(F)c1. The summed E-state index contributed by atoms with van der Waals surface area (Å²) in [6, 6.07) is 9.96. The number of rotatable bonds is 3. The zero-order chi connectivity index (χ0) is 15.0. The van der Waals surface area contributed by atoms with Gasteiger partial charge in [0.1, 0.15) is 17.4 Å². The molecule has 0 fully saturated rings. The van der Waals surface area contributed by atoms with Gasteiger partial charge in [-0.25, -0.2) is 8.78 Å². The quantitative estimate of drug-likeness (QED) is 0.670. The van der Waals surface area contributed by atoms with Crippen LogP contribution in [-0.2, 0) is 0 Å². The van der Waals surface area contributed by atoms with Gasteiger partial charge in [0.2, 0.25) is 5.78 Å². The number of hydrogen-bond donors (Lipinski definition) is 0. The number of carbonyl (C=O) groups excluding carboxylic acids is 1. The Kier molecular flexibility index (Phi) is 3.43. The first-order chi connectivity index (χ1) is 10.1. The maximum absolute atomic E-state index is 13.9. The molecule has 0 aliphatic rings. The minimum absolute atomic E-state index is 0.0252. The Balaban J connectivity index is 2.03. The highest BCUT2D eigenvalue weighted by Crippen LogP contribution is 2.29. The van der Waals surface area contributed by atoms with E-state index in [-0.39, 0.29) is 11.4 Å². The largest absolute Gasteiger partial charge is 0.497 e. The van der Waals surface area contributed by atoms with E-state index in [4.69, 9.17) is 4.74 Å². The highest BCUT2D eigenvalue weighted by Gasteiger charge is 2.17. The van der Waals surface area contributed by atoms with Crippen LogP contribution >= 0.6 is 11.3 Å². The third-order valence-electron chi connectivity index (χ3n) is 3.12. The fourth-order valence-corrected chi connectivity index (χ4v) is 3.06. The van der Waals surface area contributed by atoms with Crippen molar-refractivity contribution in [3.63, 3.8) is 0 Å². The summed E-state index contributed by atoms with van der Waals surface area (Å²) in [5.41, 5.74) is -0.0252. The van der Waals surface area contributed by atoms with E-state index >= 15 is 0 Å². The lowest BCUT2D eigenvalue weighted by Gasteiger charge is -2.03. The second kappa shape index (κ2) is 5.26. The summed E-state index contributed by atoms with van der Waals surface area (Å²) >= 11 is 1.21. The van der Waals surface area contributed by atoms with Gasteiger partial charge in [0.25, 0.3) is 0 Å². The molecular weight excluding hydrogens is 294 g/mol. The van der Waals surface area contributed by atoms with Crippen LogP contribution in [0.15, 0.2) is 42.5 Å². The number of thiophene rings is 1. The number of fused-ring (bicyclic) bond motifs is 1. The minimum atomic E-state index is -0.636. The molecule has 3 aromatic rings. The van der Waals surface area contributed by atoms with E-state index in [1.807, 2.05) is 0 Å². The van der Waals surface area contributed by atoms with Crippen LogP contribution in [0.1, 0.15) is 15.2 Å². The molecule has 0 bridgehead atoms. The van der Waals surface area contributed by atoms with Crippen molar-refractivity contribution in [2.24, 2.45) is 0 Å². The van der Waals surface area contributed by atoms with Crippen molar-refractivity contribution in [2.45, 2.75) is 0 Å². The average molecular weight is 304 g/mol. The molecule has 21 heavy (non-hydrogen) atoms. The molecule has 1 aromatic heterocycles. The van der Waals surface area contributed by atoms with Crippen molar-refractivity contribution in [3.05, 3.63) is 64.5 Å². The van der Waals surface area contributed by atoms with Gasteiger partial charge >= 0.3 is 0 Å². The summed E-state index contributed by atoms with van der Waals surface area (Å²) in [6.45, 7) is 0. The average Bonchev–Trinajstić information content (AvgIpc) is 2.89. The topological polar surface area (TPSA) is 26.3 Å². The Labute approximate surface area is 123 Å². The number of ketones is 1. The Morgan fingerprint density at radius 2 is 1.90 bits per heavy atom. The van der Waals surface area contributed by atoms with Crippen LogP contribution in [0.25, 0.3) is 10.1 Å². The Morgan fingerprint density at radius 1 is 1.10 bits per heavy atom. The Bertz CT molecular complexity index is 839. The van der Waals surface area contributed by atoms with Crippen molar-refractivity contribution in [1.82, 2.24) is 0 Å². The second-order valence-corrected chi connectivity index (χ2v) is 5.55. The van der Waals surface area contributed by atoms with Gasteiger partial charge in [-0.2, -0.15) is 0 Å². The van der Waals surface area contributed by atoms with Crippen LogP contribution in [0.4, 0.5) is 8.78 Å². The first-order valence-corrected chi connectivity index (χ1v) is 6.97. The van der Waals surface area contributed by atoms with Crippen molar-refractivity contribution < 1.29 is 18.3 Å². The predicted octanol–water partition coefficient (Wildman–Crippen LogP) is 4.42. The van der Waals surface area contributed by atoms with E-state index in [9.17, 15) is 13.6 Å². The van der Waals surface area contributed by atoms with Crippen molar-refractivity contribution >= 4 is 27.2 Å². The minimum Gasteiger partial charge on any atom is -0.497 e. The van der Waals surface area contributed by atoms with Gasteiger partial charge < -0.3 is 4.74 Å². The summed E-state index contributed by atoms with van der Waals surface area (Å²) in [5.74, 6) is -1.07. The van der Waals surface area contributed by atoms with Crippen LogP contribution in [-0.4, -0.2) is 12.9 Å². The van der Waals surface area contributed by atoms with E-state index in [0.29, 0.717) is 16.0 Å². The third kappa shape index (κ3) is 2.52. The molecule has 0 N–H and O–H groups in total. The van der Waals surface area contributed by atoms with Crippen LogP contribution < -0.4 is 4.74 Å². The highest BCUT2D eigenvalue weighted by atomic mass is 32.1. The molecule has 1 heterocycles. The number of hydrogen-bond acceptors (Lipinski definition) is 3. The molecule has 0 aliphatic heterocycles. The number of carbonyl (C=O) groups is 1.